The smallest absolute Gasteiger partial charge is 0.284 e. The monoisotopic (exact) mass is 415 g/mol. The maximum atomic E-state index is 12.3. The second-order valence-corrected chi connectivity index (χ2v) is 7.19. The van der Waals surface area contributed by atoms with Gasteiger partial charge in [-0.25, -0.2) is 5.43 Å². The van der Waals surface area contributed by atoms with Crippen molar-refractivity contribution in [2.24, 2.45) is 5.10 Å². The quantitative estimate of drug-likeness (QED) is 0.468. The van der Waals surface area contributed by atoms with E-state index in [1.165, 1.54) is 5.56 Å². The number of hydrazone groups is 1. The SMILES string of the molecule is CCN(Cc1ccccc1)c1ccc(C=NNC(=O)C2COc3ccccc3O2)cc1. The van der Waals surface area contributed by atoms with Crippen LogP contribution in [0.4, 0.5) is 5.69 Å². The summed E-state index contributed by atoms with van der Waals surface area (Å²) in [5.41, 5.74) is 5.83. The Hall–Kier alpha value is -3.80. The second kappa shape index (κ2) is 9.80. The fourth-order valence-corrected chi connectivity index (χ4v) is 3.35. The van der Waals surface area contributed by atoms with E-state index in [9.17, 15) is 4.79 Å². The zero-order chi connectivity index (χ0) is 21.5. The number of carbonyl (C=O) groups is 1. The van der Waals surface area contributed by atoms with Gasteiger partial charge in [0.1, 0.15) is 6.61 Å². The average molecular weight is 415 g/mol. The van der Waals surface area contributed by atoms with E-state index < -0.39 is 6.10 Å². The lowest BCUT2D eigenvalue weighted by Gasteiger charge is -2.24. The van der Waals surface area contributed by atoms with Crippen LogP contribution in [0, 0.1) is 0 Å². The highest BCUT2D eigenvalue weighted by Crippen LogP contribution is 2.30. The van der Waals surface area contributed by atoms with Crippen LogP contribution < -0.4 is 19.8 Å². The van der Waals surface area contributed by atoms with Crippen molar-refractivity contribution in [3.05, 3.63) is 90.0 Å². The van der Waals surface area contributed by atoms with Gasteiger partial charge in [0.05, 0.1) is 6.21 Å². The number of carbonyl (C=O) groups excluding carboxylic acids is 1. The first-order valence-corrected chi connectivity index (χ1v) is 10.3. The van der Waals surface area contributed by atoms with Crippen LogP contribution >= 0.6 is 0 Å². The summed E-state index contributed by atoms with van der Waals surface area (Å²) in [6, 6.07) is 25.8. The summed E-state index contributed by atoms with van der Waals surface area (Å²) in [6.07, 6.45) is 0.887. The summed E-state index contributed by atoms with van der Waals surface area (Å²) in [5, 5.41) is 4.06. The number of hydrogen-bond donors (Lipinski definition) is 1. The number of nitrogens with zero attached hydrogens (tertiary/aromatic N) is 2. The largest absolute Gasteiger partial charge is 0.485 e. The molecule has 6 nitrogen and oxygen atoms in total. The number of fused-ring (bicyclic) bond motifs is 1. The van der Waals surface area contributed by atoms with Crippen molar-refractivity contribution >= 4 is 17.8 Å². The summed E-state index contributed by atoms with van der Waals surface area (Å²) >= 11 is 0. The van der Waals surface area contributed by atoms with Crippen molar-refractivity contribution in [3.63, 3.8) is 0 Å². The van der Waals surface area contributed by atoms with Crippen molar-refractivity contribution in [1.29, 1.82) is 0 Å². The first-order chi connectivity index (χ1) is 15.2. The standard InChI is InChI=1S/C25H25N3O3/c1-2-28(17-20-8-4-3-5-9-20)21-14-12-19(13-15-21)16-26-27-25(29)24-18-30-22-10-6-7-11-23(22)31-24/h3-16,24H,2,17-18H2,1H3,(H,27,29). The zero-order valence-corrected chi connectivity index (χ0v) is 17.4. The van der Waals surface area contributed by atoms with Gasteiger partial charge in [-0.2, -0.15) is 5.10 Å². The lowest BCUT2D eigenvalue weighted by Crippen LogP contribution is -2.42. The van der Waals surface area contributed by atoms with Crippen LogP contribution in [0.5, 0.6) is 11.5 Å². The van der Waals surface area contributed by atoms with Gasteiger partial charge < -0.3 is 14.4 Å². The fourth-order valence-electron chi connectivity index (χ4n) is 3.35. The van der Waals surface area contributed by atoms with Gasteiger partial charge in [-0.3, -0.25) is 4.79 Å². The van der Waals surface area contributed by atoms with Crippen molar-refractivity contribution in [3.8, 4) is 11.5 Å². The first kappa shape index (κ1) is 20.5. The molecule has 4 rings (SSSR count). The predicted octanol–water partition coefficient (Wildman–Crippen LogP) is 4.00. The Morgan fingerprint density at radius 1 is 1.03 bits per heavy atom. The molecule has 1 atom stereocenters. The Bertz CT molecular complexity index is 1040. The predicted molar refractivity (Wildman–Crippen MR) is 122 cm³/mol. The molecule has 1 heterocycles. The Kier molecular flexibility index (Phi) is 6.47. The molecule has 1 aliphatic rings. The molecular formula is C25H25N3O3. The molecule has 0 saturated carbocycles. The van der Waals surface area contributed by atoms with Gasteiger partial charge in [-0.15, -0.1) is 0 Å². The molecule has 0 radical (unpaired) electrons. The van der Waals surface area contributed by atoms with Gasteiger partial charge >= 0.3 is 0 Å². The normalized spacial score (nSPS) is 14.9. The zero-order valence-electron chi connectivity index (χ0n) is 17.4. The molecule has 3 aromatic rings. The van der Waals surface area contributed by atoms with E-state index in [1.54, 1.807) is 12.3 Å². The lowest BCUT2D eigenvalue weighted by atomic mass is 10.1. The van der Waals surface area contributed by atoms with E-state index in [0.717, 1.165) is 24.3 Å². The van der Waals surface area contributed by atoms with Crippen molar-refractivity contribution in [1.82, 2.24) is 5.43 Å². The number of amides is 1. The summed E-state index contributed by atoms with van der Waals surface area (Å²) in [7, 11) is 0. The maximum Gasteiger partial charge on any atom is 0.284 e. The molecule has 0 aromatic heterocycles. The van der Waals surface area contributed by atoms with Gasteiger partial charge in [-0.05, 0) is 42.3 Å². The van der Waals surface area contributed by atoms with Gasteiger partial charge in [0.15, 0.2) is 11.5 Å². The van der Waals surface area contributed by atoms with Crippen molar-refractivity contribution in [2.75, 3.05) is 18.1 Å². The minimum Gasteiger partial charge on any atom is -0.485 e. The van der Waals surface area contributed by atoms with Gasteiger partial charge in [-0.1, -0.05) is 54.6 Å². The summed E-state index contributed by atoms with van der Waals surface area (Å²) in [6.45, 7) is 4.06. The van der Waals surface area contributed by atoms with E-state index in [2.05, 4.69) is 58.7 Å². The fraction of sp³-hybridized carbons (Fsp3) is 0.200. The second-order valence-electron chi connectivity index (χ2n) is 7.19. The van der Waals surface area contributed by atoms with Crippen LogP contribution in [0.3, 0.4) is 0 Å². The number of anilines is 1. The lowest BCUT2D eigenvalue weighted by molar-refractivity contribution is -0.130. The number of nitrogens with one attached hydrogen (secondary N) is 1. The molecule has 1 aliphatic heterocycles. The van der Waals surface area contributed by atoms with E-state index >= 15 is 0 Å². The number of rotatable bonds is 7. The van der Waals surface area contributed by atoms with Crippen LogP contribution in [-0.2, 0) is 11.3 Å². The molecule has 0 spiro atoms. The minimum absolute atomic E-state index is 0.154. The van der Waals surface area contributed by atoms with Crippen LogP contribution in [0.2, 0.25) is 0 Å². The van der Waals surface area contributed by atoms with Crippen molar-refractivity contribution < 1.29 is 14.3 Å². The Labute approximate surface area is 182 Å². The average Bonchev–Trinajstić information content (AvgIpc) is 2.83. The third-order valence-corrected chi connectivity index (χ3v) is 5.05. The van der Waals surface area contributed by atoms with E-state index in [4.69, 9.17) is 9.47 Å². The number of benzene rings is 3. The molecular weight excluding hydrogens is 390 g/mol. The molecule has 0 bridgehead atoms. The molecule has 158 valence electrons. The molecule has 1 N–H and O–H groups in total. The molecule has 0 aliphatic carbocycles. The minimum atomic E-state index is -0.731. The Balaban J connectivity index is 1.32. The molecule has 1 amide bonds. The van der Waals surface area contributed by atoms with Crippen LogP contribution in [0.25, 0.3) is 0 Å². The van der Waals surface area contributed by atoms with Gasteiger partial charge in [0.25, 0.3) is 5.91 Å². The van der Waals surface area contributed by atoms with E-state index in [1.807, 2.05) is 36.4 Å². The first-order valence-electron chi connectivity index (χ1n) is 10.3. The molecule has 0 fully saturated rings. The third-order valence-electron chi connectivity index (χ3n) is 5.05. The summed E-state index contributed by atoms with van der Waals surface area (Å²) in [4.78, 5) is 14.6. The van der Waals surface area contributed by atoms with E-state index in [0.29, 0.717) is 11.5 Å². The number of para-hydroxylation sites is 2. The molecule has 31 heavy (non-hydrogen) atoms. The van der Waals surface area contributed by atoms with Gasteiger partial charge in [0, 0.05) is 18.8 Å². The number of hydrogen-bond acceptors (Lipinski definition) is 5. The Morgan fingerprint density at radius 3 is 2.48 bits per heavy atom. The van der Waals surface area contributed by atoms with Crippen LogP contribution in [0.15, 0.2) is 84.0 Å². The highest BCUT2D eigenvalue weighted by molar-refractivity contribution is 5.85. The van der Waals surface area contributed by atoms with Crippen LogP contribution in [0.1, 0.15) is 18.1 Å². The maximum absolute atomic E-state index is 12.3. The molecule has 1 unspecified atom stereocenters. The van der Waals surface area contributed by atoms with E-state index in [-0.39, 0.29) is 12.5 Å². The Morgan fingerprint density at radius 2 is 1.74 bits per heavy atom. The van der Waals surface area contributed by atoms with Gasteiger partial charge in [0.2, 0.25) is 6.10 Å². The van der Waals surface area contributed by atoms with Crippen LogP contribution in [-0.4, -0.2) is 31.4 Å². The molecule has 6 heteroatoms. The topological polar surface area (TPSA) is 63.2 Å². The third kappa shape index (κ3) is 5.22. The molecule has 3 aromatic carbocycles. The summed E-state index contributed by atoms with van der Waals surface area (Å²) < 4.78 is 11.3. The number of ether oxygens (including phenoxy) is 2. The highest BCUT2D eigenvalue weighted by Gasteiger charge is 2.26. The highest BCUT2D eigenvalue weighted by atomic mass is 16.6. The summed E-state index contributed by atoms with van der Waals surface area (Å²) in [5.74, 6) is 0.857. The van der Waals surface area contributed by atoms with Crippen molar-refractivity contribution in [2.45, 2.75) is 19.6 Å². The molecule has 0 saturated heterocycles.